The fourth-order valence-electron chi connectivity index (χ4n) is 4.34. The first-order chi connectivity index (χ1) is 13.9. The van der Waals surface area contributed by atoms with E-state index in [-0.39, 0.29) is 6.10 Å². The molecule has 1 aliphatic rings. The molecule has 0 spiro atoms. The van der Waals surface area contributed by atoms with E-state index in [4.69, 9.17) is 9.47 Å². The van der Waals surface area contributed by atoms with E-state index in [0.29, 0.717) is 6.61 Å². The quantitative estimate of drug-likeness (QED) is 0.321. The Balaban J connectivity index is 1.87. The summed E-state index contributed by atoms with van der Waals surface area (Å²) >= 11 is 2.84. The zero-order valence-electron chi connectivity index (χ0n) is 17.0. The van der Waals surface area contributed by atoms with E-state index < -0.39 is 10.0 Å². The summed E-state index contributed by atoms with van der Waals surface area (Å²) in [6, 6.07) is 33.1. The van der Waals surface area contributed by atoms with Crippen LogP contribution in [0.25, 0.3) is 0 Å². The van der Waals surface area contributed by atoms with Crippen LogP contribution in [-0.2, 0) is 9.47 Å². The third-order valence-electron chi connectivity index (χ3n) is 5.82. The summed E-state index contributed by atoms with van der Waals surface area (Å²) in [5.41, 5.74) is 0. The van der Waals surface area contributed by atoms with Crippen molar-refractivity contribution in [2.24, 2.45) is 0 Å². The Morgan fingerprint density at radius 2 is 1.21 bits per heavy atom. The maximum absolute atomic E-state index is 6.19. The molecular formula is C25H28IO2P. The Bertz CT molecular complexity index is 845. The molecule has 0 aliphatic carbocycles. The van der Waals surface area contributed by atoms with Crippen LogP contribution >= 0.6 is 26.3 Å². The van der Waals surface area contributed by atoms with E-state index in [1.54, 1.807) is 0 Å². The summed E-state index contributed by atoms with van der Waals surface area (Å²) in [7, 11) is 0. The molecule has 1 aliphatic heterocycles. The van der Waals surface area contributed by atoms with Gasteiger partial charge in [0, 0.05) is 0 Å². The van der Waals surface area contributed by atoms with Crippen molar-refractivity contribution < 1.29 is 9.47 Å². The van der Waals surface area contributed by atoms with Crippen molar-refractivity contribution in [2.75, 3.05) is 12.8 Å². The molecule has 3 aromatic carbocycles. The van der Waals surface area contributed by atoms with Crippen LogP contribution in [0, 0.1) is 0 Å². The summed E-state index contributed by atoms with van der Waals surface area (Å²) in [6.07, 6.45) is 2.12. The number of benzene rings is 3. The summed E-state index contributed by atoms with van der Waals surface area (Å²) in [5.74, 6) is -0.487. The first-order valence-electron chi connectivity index (χ1n) is 10.1. The standard InChI is InChI=1S/C25H28IO2P/c1-25(2)27-20-21(28-25)18-19-29(26,22-12-6-3-7-13-22,23-14-8-4-9-15-23)24-16-10-5-11-17-24/h3-17,21H,18-20H2,1-2H3/t21-/m0/s1. The molecule has 2 nitrogen and oxygen atoms in total. The number of halogens is 1. The van der Waals surface area contributed by atoms with Gasteiger partial charge in [-0.05, 0) is 0 Å². The predicted molar refractivity (Wildman–Crippen MR) is 134 cm³/mol. The third kappa shape index (κ3) is 3.90. The van der Waals surface area contributed by atoms with Gasteiger partial charge in [0.1, 0.15) is 0 Å². The van der Waals surface area contributed by atoms with E-state index in [2.05, 4.69) is 113 Å². The second-order valence-electron chi connectivity index (χ2n) is 8.15. The molecule has 29 heavy (non-hydrogen) atoms. The summed E-state index contributed by atoms with van der Waals surface area (Å²) in [5, 5.41) is 4.24. The van der Waals surface area contributed by atoms with Crippen molar-refractivity contribution in [1.29, 1.82) is 0 Å². The van der Waals surface area contributed by atoms with Crippen LogP contribution in [0.15, 0.2) is 91.0 Å². The minimum atomic E-state index is -2.72. The first kappa shape index (κ1) is 21.0. The average Bonchev–Trinajstić information content (AvgIpc) is 3.13. The van der Waals surface area contributed by atoms with E-state index in [9.17, 15) is 0 Å². The van der Waals surface area contributed by atoms with E-state index in [1.165, 1.54) is 15.9 Å². The Kier molecular flexibility index (Phi) is 5.87. The number of rotatable bonds is 6. The number of hydrogen-bond donors (Lipinski definition) is 0. The minimum absolute atomic E-state index is 0.123. The second kappa shape index (κ2) is 8.11. The van der Waals surface area contributed by atoms with Gasteiger partial charge < -0.3 is 0 Å². The van der Waals surface area contributed by atoms with Crippen LogP contribution in [0.4, 0.5) is 0 Å². The molecule has 4 rings (SSSR count). The number of hydrogen-bond acceptors (Lipinski definition) is 2. The van der Waals surface area contributed by atoms with Gasteiger partial charge in [0.2, 0.25) is 0 Å². The Hall–Kier alpha value is -1.26. The normalized spacial score (nSPS) is 20.1. The number of ether oxygens (including phenoxy) is 2. The Morgan fingerprint density at radius 3 is 1.55 bits per heavy atom. The molecule has 0 aromatic heterocycles. The molecule has 152 valence electrons. The average molecular weight is 518 g/mol. The van der Waals surface area contributed by atoms with Crippen molar-refractivity contribution in [2.45, 2.75) is 32.2 Å². The molecule has 0 N–H and O–H groups in total. The van der Waals surface area contributed by atoms with Gasteiger partial charge in [-0.3, -0.25) is 0 Å². The monoisotopic (exact) mass is 518 g/mol. The second-order valence-corrected chi connectivity index (χ2v) is 18.9. The van der Waals surface area contributed by atoms with Crippen molar-refractivity contribution in [1.82, 2.24) is 0 Å². The van der Waals surface area contributed by atoms with Gasteiger partial charge in [-0.15, -0.1) is 0 Å². The van der Waals surface area contributed by atoms with Crippen LogP contribution in [0.2, 0.25) is 0 Å². The van der Waals surface area contributed by atoms with Crippen LogP contribution in [-0.4, -0.2) is 24.7 Å². The maximum atomic E-state index is 6.19. The van der Waals surface area contributed by atoms with Crippen LogP contribution in [0.1, 0.15) is 20.3 Å². The SMILES string of the molecule is CC1(C)OC[C@H](CCP(I)(c2ccccc2)(c2ccccc2)c2ccccc2)O1. The van der Waals surface area contributed by atoms with Crippen molar-refractivity contribution in [3.63, 3.8) is 0 Å². The third-order valence-corrected chi connectivity index (χ3v) is 17.5. The molecule has 1 fully saturated rings. The molecular weight excluding hydrogens is 490 g/mol. The van der Waals surface area contributed by atoms with E-state index >= 15 is 0 Å². The fraction of sp³-hybridized carbons (Fsp3) is 0.280. The predicted octanol–water partition coefficient (Wildman–Crippen LogP) is 5.41. The summed E-state index contributed by atoms with van der Waals surface area (Å²) in [6.45, 7) is 4.67. The Morgan fingerprint density at radius 1 is 0.793 bits per heavy atom. The molecule has 0 bridgehead atoms. The molecule has 1 saturated heterocycles. The van der Waals surface area contributed by atoms with Gasteiger partial charge in [-0.25, -0.2) is 0 Å². The van der Waals surface area contributed by atoms with Gasteiger partial charge in [-0.2, -0.15) is 0 Å². The van der Waals surface area contributed by atoms with Crippen LogP contribution in [0.5, 0.6) is 0 Å². The summed E-state index contributed by atoms with van der Waals surface area (Å²) in [4.78, 5) is 0. The zero-order valence-corrected chi connectivity index (χ0v) is 20.1. The Labute approximate surface area is 187 Å². The molecule has 3 aromatic rings. The topological polar surface area (TPSA) is 18.5 Å². The molecule has 0 unspecified atom stereocenters. The van der Waals surface area contributed by atoms with Crippen LogP contribution < -0.4 is 15.9 Å². The fourth-order valence-corrected chi connectivity index (χ4v) is 12.9. The summed E-state index contributed by atoms with van der Waals surface area (Å²) < 4.78 is 9.33. The van der Waals surface area contributed by atoms with Gasteiger partial charge in [0.15, 0.2) is 0 Å². The van der Waals surface area contributed by atoms with Crippen molar-refractivity contribution >= 4 is 42.2 Å². The van der Waals surface area contributed by atoms with Gasteiger partial charge >= 0.3 is 188 Å². The first-order valence-corrected chi connectivity index (χ1v) is 15.3. The molecule has 0 saturated carbocycles. The van der Waals surface area contributed by atoms with Gasteiger partial charge in [0.25, 0.3) is 0 Å². The van der Waals surface area contributed by atoms with E-state index in [0.717, 1.165) is 12.6 Å². The van der Waals surface area contributed by atoms with Gasteiger partial charge in [-0.1, -0.05) is 0 Å². The molecule has 4 heteroatoms. The van der Waals surface area contributed by atoms with Crippen molar-refractivity contribution in [3.8, 4) is 0 Å². The molecule has 1 heterocycles. The molecule has 1 atom stereocenters. The van der Waals surface area contributed by atoms with Crippen LogP contribution in [0.3, 0.4) is 0 Å². The molecule has 0 amide bonds. The van der Waals surface area contributed by atoms with E-state index in [1.807, 2.05) is 13.8 Å². The van der Waals surface area contributed by atoms with Gasteiger partial charge in [0.05, 0.1) is 0 Å². The molecule has 0 radical (unpaired) electrons. The van der Waals surface area contributed by atoms with Crippen molar-refractivity contribution in [3.05, 3.63) is 91.0 Å². The zero-order chi connectivity index (χ0) is 20.4.